The van der Waals surface area contributed by atoms with E-state index in [1.807, 2.05) is 0 Å². The van der Waals surface area contributed by atoms with E-state index in [0.29, 0.717) is 12.8 Å². The highest BCUT2D eigenvalue weighted by Crippen LogP contribution is 2.40. The van der Waals surface area contributed by atoms with Crippen molar-refractivity contribution in [3.05, 3.63) is 23.0 Å². The molecule has 2 aromatic heterocycles. The van der Waals surface area contributed by atoms with Gasteiger partial charge in [-0.15, -0.1) is 0 Å². The van der Waals surface area contributed by atoms with E-state index in [1.54, 1.807) is 0 Å². The highest BCUT2D eigenvalue weighted by atomic mass is 31.2. The van der Waals surface area contributed by atoms with E-state index >= 15 is 0 Å². The van der Waals surface area contributed by atoms with E-state index in [-0.39, 0.29) is 30.3 Å². The molecule has 1 aliphatic rings. The summed E-state index contributed by atoms with van der Waals surface area (Å²) in [4.78, 5) is 80.8. The highest BCUT2D eigenvalue weighted by Gasteiger charge is 2.51. The summed E-state index contributed by atoms with van der Waals surface area (Å²) in [5.74, 6) is -1.55. The second kappa shape index (κ2) is 12.1. The van der Waals surface area contributed by atoms with Gasteiger partial charge in [0.1, 0.15) is 12.4 Å². The number of unbranched alkanes of at least 4 members (excludes halogenated alkanes) is 2. The summed E-state index contributed by atoms with van der Waals surface area (Å²) in [5.41, 5.74) is -0.538. The van der Waals surface area contributed by atoms with Gasteiger partial charge in [0.05, 0.1) is 12.9 Å². The van der Waals surface area contributed by atoms with Gasteiger partial charge >= 0.3 is 27.4 Å². The Kier molecular flexibility index (Phi) is 9.60. The van der Waals surface area contributed by atoms with Gasteiger partial charge in [-0.3, -0.25) is 32.6 Å². The fraction of sp³-hybridized carbons (Fsp3) is 0.632. The minimum Gasteiger partial charge on any atom is -0.456 e. The molecule has 0 saturated carbocycles. The van der Waals surface area contributed by atoms with E-state index in [0.717, 1.165) is 13.8 Å². The van der Waals surface area contributed by atoms with Gasteiger partial charge in [0.15, 0.2) is 29.6 Å². The summed E-state index contributed by atoms with van der Waals surface area (Å²) in [6.45, 7) is 1.69. The summed E-state index contributed by atoms with van der Waals surface area (Å²) in [6, 6.07) is 0. The van der Waals surface area contributed by atoms with E-state index in [9.17, 15) is 23.5 Å². The topological polar surface area (TPSA) is 239 Å². The maximum Gasteiger partial charge on any atom is 0.469 e. The van der Waals surface area contributed by atoms with Crippen LogP contribution in [0.15, 0.2) is 17.4 Å². The van der Waals surface area contributed by atoms with Crippen LogP contribution in [0.5, 0.6) is 0 Å². The zero-order valence-electron chi connectivity index (χ0n) is 20.4. The van der Waals surface area contributed by atoms with Crippen LogP contribution >= 0.6 is 15.4 Å². The highest BCUT2D eigenvalue weighted by molar-refractivity contribution is 7.51. The van der Waals surface area contributed by atoms with E-state index in [2.05, 4.69) is 14.5 Å². The number of carbonyl (C=O) groups excluding carboxylic acids is 2. The Labute approximate surface area is 215 Å². The predicted octanol–water partition coefficient (Wildman–Crippen LogP) is -0.189. The molecule has 0 bridgehead atoms. The number of phosphoric acid groups is 1. The normalized spacial score (nSPS) is 22.1. The third kappa shape index (κ3) is 8.01. The molecule has 38 heavy (non-hydrogen) atoms. The summed E-state index contributed by atoms with van der Waals surface area (Å²) in [6.07, 6.45) is -1.74. The molecule has 1 aliphatic heterocycles. The number of carbonyl (C=O) groups is 2. The Balaban J connectivity index is 1.87. The lowest BCUT2D eigenvalue weighted by atomic mass is 10.1. The zero-order chi connectivity index (χ0) is 28.3. The molecule has 4 atom stereocenters. The Hall–Kier alpha value is -2.49. The van der Waals surface area contributed by atoms with Crippen LogP contribution in [0.3, 0.4) is 0 Å². The Morgan fingerprint density at radius 1 is 1.00 bits per heavy atom. The predicted molar refractivity (Wildman–Crippen MR) is 126 cm³/mol. The number of aryl methyl sites for hydroxylation is 1. The first-order valence-electron chi connectivity index (χ1n) is 11.3. The summed E-state index contributed by atoms with van der Waals surface area (Å²) < 4.78 is 45.6. The number of esters is 2. The number of phosphoric ester groups is 1. The number of rotatable bonds is 12. The van der Waals surface area contributed by atoms with E-state index in [4.69, 9.17) is 33.8 Å². The second-order valence-electron chi connectivity index (χ2n) is 8.52. The molecule has 4 N–H and O–H groups in total. The SMILES string of the molecule is CC(=O)O[C@@H]1[C@H](OC(C)=O)[C@@H](COP(=O)(O)O)O[C@H]1n1cnc2c(=O)n(CCCCCP(=O)(O)O)cnc21. The van der Waals surface area contributed by atoms with Crippen LogP contribution < -0.4 is 5.56 Å². The monoisotopic (exact) mass is 582 g/mol. The molecule has 17 nitrogen and oxygen atoms in total. The van der Waals surface area contributed by atoms with Crippen molar-refractivity contribution in [3.8, 4) is 0 Å². The second-order valence-corrected chi connectivity index (χ2v) is 11.5. The van der Waals surface area contributed by atoms with Gasteiger partial charge < -0.3 is 33.8 Å². The third-order valence-corrected chi connectivity index (χ3v) is 6.85. The van der Waals surface area contributed by atoms with E-state index < -0.39 is 64.1 Å². The largest absolute Gasteiger partial charge is 0.469 e. The van der Waals surface area contributed by atoms with Gasteiger partial charge in [0.25, 0.3) is 5.56 Å². The van der Waals surface area contributed by atoms with Crippen molar-refractivity contribution in [2.45, 2.75) is 64.2 Å². The minimum absolute atomic E-state index is 0.0352. The Morgan fingerprint density at radius 2 is 1.66 bits per heavy atom. The standard InChI is InChI=1S/C19H28N4O13P2/c1-11(24)34-15-13(8-33-38(30,31)32)36-19(16(15)35-12(2)25)23-10-20-14-17(23)21-9-22(18(14)26)6-4-3-5-7-37(27,28)29/h9-10,13,15-16,19H,3-8H2,1-2H3,(H2,27,28,29)(H2,30,31,32)/t13-,15-,16-,19-/m1/s1. The van der Waals surface area contributed by atoms with Gasteiger partial charge in [-0.1, -0.05) is 6.42 Å². The maximum atomic E-state index is 12.9. The van der Waals surface area contributed by atoms with Crippen LogP contribution in [-0.4, -0.2) is 81.7 Å². The van der Waals surface area contributed by atoms with Crippen molar-refractivity contribution in [3.63, 3.8) is 0 Å². The number of fused-ring (bicyclic) bond motifs is 1. The smallest absolute Gasteiger partial charge is 0.456 e. The van der Waals surface area contributed by atoms with Crippen molar-refractivity contribution in [2.75, 3.05) is 12.8 Å². The lowest BCUT2D eigenvalue weighted by molar-refractivity contribution is -0.165. The fourth-order valence-electron chi connectivity index (χ4n) is 3.96. The van der Waals surface area contributed by atoms with Crippen molar-refractivity contribution in [1.29, 1.82) is 0 Å². The molecule has 1 saturated heterocycles. The number of hydrogen-bond acceptors (Lipinski definition) is 11. The molecule has 0 radical (unpaired) electrons. The molecule has 1 fully saturated rings. The molecule has 0 amide bonds. The van der Waals surface area contributed by atoms with E-state index in [1.165, 1.54) is 21.8 Å². The average molecular weight is 582 g/mol. The van der Waals surface area contributed by atoms with Crippen LogP contribution in [0.25, 0.3) is 11.2 Å². The summed E-state index contributed by atoms with van der Waals surface area (Å²) in [7, 11) is -9.00. The zero-order valence-corrected chi connectivity index (χ0v) is 22.1. The average Bonchev–Trinajstić information content (AvgIpc) is 3.34. The van der Waals surface area contributed by atoms with Crippen molar-refractivity contribution in [1.82, 2.24) is 19.1 Å². The van der Waals surface area contributed by atoms with Crippen LogP contribution in [-0.2, 0) is 44.0 Å². The minimum atomic E-state index is -4.92. The lowest BCUT2D eigenvalue weighted by Crippen LogP contribution is -2.40. The number of aromatic nitrogens is 4. The first-order chi connectivity index (χ1) is 17.7. The summed E-state index contributed by atoms with van der Waals surface area (Å²) >= 11 is 0. The molecule has 3 rings (SSSR count). The first kappa shape index (κ1) is 30.1. The molecule has 0 aliphatic carbocycles. The maximum absolute atomic E-state index is 12.9. The van der Waals surface area contributed by atoms with Gasteiger partial charge in [-0.2, -0.15) is 0 Å². The fourth-order valence-corrected chi connectivity index (χ4v) is 4.93. The van der Waals surface area contributed by atoms with Gasteiger partial charge in [-0.05, 0) is 12.8 Å². The number of imidazole rings is 1. The molecule has 2 aromatic rings. The molecule has 19 heteroatoms. The Morgan fingerprint density at radius 3 is 2.26 bits per heavy atom. The van der Waals surface area contributed by atoms with Crippen molar-refractivity contribution >= 4 is 38.5 Å². The van der Waals surface area contributed by atoms with Crippen molar-refractivity contribution < 1.29 is 57.0 Å². The third-order valence-electron chi connectivity index (χ3n) is 5.47. The van der Waals surface area contributed by atoms with Crippen LogP contribution in [0, 0.1) is 0 Å². The van der Waals surface area contributed by atoms with Gasteiger partial charge in [0.2, 0.25) is 0 Å². The molecule has 0 aromatic carbocycles. The van der Waals surface area contributed by atoms with Crippen LogP contribution in [0.4, 0.5) is 0 Å². The molecule has 3 heterocycles. The first-order valence-corrected chi connectivity index (χ1v) is 14.7. The number of hydrogen-bond donors (Lipinski definition) is 4. The van der Waals surface area contributed by atoms with Gasteiger partial charge in [-0.25, -0.2) is 14.5 Å². The number of nitrogens with zero attached hydrogens (tertiary/aromatic N) is 4. The Bertz CT molecular complexity index is 1320. The van der Waals surface area contributed by atoms with Crippen LogP contribution in [0.1, 0.15) is 39.3 Å². The van der Waals surface area contributed by atoms with Gasteiger partial charge in [0, 0.05) is 26.6 Å². The number of ether oxygens (including phenoxy) is 3. The van der Waals surface area contributed by atoms with Crippen molar-refractivity contribution in [2.24, 2.45) is 0 Å². The molecular formula is C19H28N4O13P2. The molecule has 212 valence electrons. The summed E-state index contributed by atoms with van der Waals surface area (Å²) in [5, 5.41) is 0. The molecule has 0 unspecified atom stereocenters. The molecule has 0 spiro atoms. The van der Waals surface area contributed by atoms with Crippen LogP contribution in [0.2, 0.25) is 0 Å². The quantitative estimate of drug-likeness (QED) is 0.144. The molecular weight excluding hydrogens is 554 g/mol. The lowest BCUT2D eigenvalue weighted by Gasteiger charge is -2.23.